The number of rotatable bonds is 3. The molecule has 3 atom stereocenters. The fraction of sp³-hybridized carbons (Fsp3) is 0.417. The molecular weight excluding hydrogens is 535 g/mol. The van der Waals surface area contributed by atoms with E-state index in [0.29, 0.717) is 17.0 Å². The SMILES string of the molecule is CC(=O)N(Cc1cc(C(F)(F)F)cc(C(F)(F)F)c1)C1CC=CN(C(=O)O)C2C(C)=C(C(F)(F)F)C=CC21. The summed E-state index contributed by atoms with van der Waals surface area (Å²) in [6.45, 7) is 1.35. The van der Waals surface area contributed by atoms with E-state index in [1.165, 1.54) is 6.08 Å². The number of hydrogen-bond donors (Lipinski definition) is 1. The summed E-state index contributed by atoms with van der Waals surface area (Å²) in [5.74, 6) is -1.88. The zero-order valence-electron chi connectivity index (χ0n) is 19.7. The number of allylic oxidation sites excluding steroid dienone is 2. The van der Waals surface area contributed by atoms with Gasteiger partial charge in [-0.15, -0.1) is 0 Å². The van der Waals surface area contributed by atoms with Gasteiger partial charge in [0.1, 0.15) is 0 Å². The van der Waals surface area contributed by atoms with Crippen molar-refractivity contribution in [1.29, 1.82) is 0 Å². The van der Waals surface area contributed by atoms with Crippen molar-refractivity contribution >= 4 is 12.0 Å². The Morgan fingerprint density at radius 3 is 1.97 bits per heavy atom. The highest BCUT2D eigenvalue weighted by Gasteiger charge is 2.46. The van der Waals surface area contributed by atoms with E-state index in [2.05, 4.69) is 0 Å². The first kappa shape index (κ1) is 29.1. The Kier molecular flexibility index (Phi) is 7.68. The van der Waals surface area contributed by atoms with Gasteiger partial charge >= 0.3 is 24.6 Å². The summed E-state index contributed by atoms with van der Waals surface area (Å²) >= 11 is 0. The summed E-state index contributed by atoms with van der Waals surface area (Å²) in [6, 6.07) is -1.67. The zero-order chi connectivity index (χ0) is 28.8. The predicted molar refractivity (Wildman–Crippen MR) is 115 cm³/mol. The zero-order valence-corrected chi connectivity index (χ0v) is 19.7. The van der Waals surface area contributed by atoms with Gasteiger partial charge in [0.05, 0.1) is 22.7 Å². The second-order valence-electron chi connectivity index (χ2n) is 8.91. The number of hydrogen-bond acceptors (Lipinski definition) is 2. The molecule has 1 heterocycles. The van der Waals surface area contributed by atoms with Gasteiger partial charge in [0.25, 0.3) is 0 Å². The maximum Gasteiger partial charge on any atom is 0.416 e. The van der Waals surface area contributed by atoms with Crippen LogP contribution in [0.3, 0.4) is 0 Å². The molecule has 2 amide bonds. The van der Waals surface area contributed by atoms with Crippen LogP contribution in [-0.4, -0.2) is 45.2 Å². The Balaban J connectivity index is 2.10. The monoisotopic (exact) mass is 556 g/mol. The van der Waals surface area contributed by atoms with Crippen molar-refractivity contribution in [2.75, 3.05) is 0 Å². The molecule has 3 unspecified atom stereocenters. The number of carboxylic acid groups (broad SMARTS) is 1. The molecule has 0 saturated carbocycles. The topological polar surface area (TPSA) is 60.9 Å². The van der Waals surface area contributed by atoms with Crippen molar-refractivity contribution in [3.63, 3.8) is 0 Å². The summed E-state index contributed by atoms with van der Waals surface area (Å²) in [6.07, 6.45) is -12.7. The highest BCUT2D eigenvalue weighted by atomic mass is 19.4. The summed E-state index contributed by atoms with van der Waals surface area (Å²) in [5.41, 5.74) is -5.15. The maximum atomic E-state index is 13.6. The van der Waals surface area contributed by atoms with Gasteiger partial charge < -0.3 is 10.0 Å². The first-order valence-electron chi connectivity index (χ1n) is 11.0. The van der Waals surface area contributed by atoms with Crippen molar-refractivity contribution in [3.8, 4) is 0 Å². The van der Waals surface area contributed by atoms with Crippen LogP contribution >= 0.6 is 0 Å². The summed E-state index contributed by atoms with van der Waals surface area (Å²) in [5, 5.41) is 9.64. The molecule has 1 aliphatic carbocycles. The lowest BCUT2D eigenvalue weighted by atomic mass is 9.79. The third kappa shape index (κ3) is 5.99. The molecule has 0 spiro atoms. The van der Waals surface area contributed by atoms with Crippen LogP contribution in [0.25, 0.3) is 0 Å². The fourth-order valence-electron chi connectivity index (χ4n) is 4.79. The van der Waals surface area contributed by atoms with E-state index in [-0.39, 0.29) is 18.1 Å². The average Bonchev–Trinajstić information content (AvgIpc) is 2.95. The number of halogens is 9. The van der Waals surface area contributed by atoms with Crippen molar-refractivity contribution in [3.05, 3.63) is 70.5 Å². The minimum Gasteiger partial charge on any atom is -0.465 e. The molecule has 1 aromatic rings. The number of benzene rings is 1. The summed E-state index contributed by atoms with van der Waals surface area (Å²) < 4.78 is 121. The van der Waals surface area contributed by atoms with Crippen LogP contribution in [0.5, 0.6) is 0 Å². The Morgan fingerprint density at radius 2 is 1.53 bits per heavy atom. The van der Waals surface area contributed by atoms with E-state index in [0.717, 1.165) is 37.1 Å². The van der Waals surface area contributed by atoms with Gasteiger partial charge in [-0.1, -0.05) is 18.2 Å². The highest BCUT2D eigenvalue weighted by Crippen LogP contribution is 2.42. The lowest BCUT2D eigenvalue weighted by Gasteiger charge is -2.42. The van der Waals surface area contributed by atoms with E-state index >= 15 is 0 Å². The number of carbonyl (C=O) groups excluding carboxylic acids is 1. The van der Waals surface area contributed by atoms with Gasteiger partial charge in [0.15, 0.2) is 0 Å². The lowest BCUT2D eigenvalue weighted by molar-refractivity contribution is -0.143. The molecule has 0 saturated heterocycles. The van der Waals surface area contributed by atoms with Crippen LogP contribution in [0, 0.1) is 5.92 Å². The van der Waals surface area contributed by atoms with Crippen molar-refractivity contribution in [1.82, 2.24) is 9.80 Å². The van der Waals surface area contributed by atoms with Gasteiger partial charge in [-0.05, 0) is 42.7 Å². The van der Waals surface area contributed by atoms with Crippen molar-refractivity contribution in [2.45, 2.75) is 57.4 Å². The second kappa shape index (κ2) is 10.0. The number of alkyl halides is 9. The number of carbonyl (C=O) groups is 2. The number of nitrogens with zero attached hydrogens (tertiary/aromatic N) is 2. The van der Waals surface area contributed by atoms with E-state index in [1.54, 1.807) is 0 Å². The van der Waals surface area contributed by atoms with E-state index in [4.69, 9.17) is 0 Å². The smallest absolute Gasteiger partial charge is 0.416 e. The molecule has 1 aromatic carbocycles. The van der Waals surface area contributed by atoms with Crippen LogP contribution in [-0.2, 0) is 23.7 Å². The van der Waals surface area contributed by atoms with Gasteiger partial charge in [-0.2, -0.15) is 39.5 Å². The van der Waals surface area contributed by atoms with Crippen LogP contribution in [0.4, 0.5) is 44.3 Å². The third-order valence-corrected chi connectivity index (χ3v) is 6.44. The maximum absolute atomic E-state index is 13.6. The lowest BCUT2D eigenvalue weighted by Crippen LogP contribution is -2.51. The van der Waals surface area contributed by atoms with Crippen LogP contribution in [0.2, 0.25) is 0 Å². The van der Waals surface area contributed by atoms with Gasteiger partial charge in [-0.3, -0.25) is 9.69 Å². The van der Waals surface area contributed by atoms with Crippen LogP contribution < -0.4 is 0 Å². The Morgan fingerprint density at radius 1 is 0.974 bits per heavy atom. The molecule has 0 bridgehead atoms. The quantitative estimate of drug-likeness (QED) is 0.418. The molecule has 1 aliphatic heterocycles. The standard InChI is InChI=1S/C24H21F9N2O3/c1-12-18(24(31,32)33)6-5-17-19(4-3-7-34(20(12)17)21(37)38)35(13(2)36)11-14-8-15(22(25,26)27)10-16(9-14)23(28,29)30/h3,5-10,17,19-20H,4,11H2,1-2H3,(H,37,38). The first-order chi connectivity index (χ1) is 17.3. The molecule has 14 heteroatoms. The van der Waals surface area contributed by atoms with Crippen molar-refractivity contribution < 1.29 is 54.2 Å². The van der Waals surface area contributed by atoms with E-state index < -0.39 is 77.3 Å². The summed E-state index contributed by atoms with van der Waals surface area (Å²) in [7, 11) is 0. The molecular formula is C24H21F9N2O3. The number of amides is 2. The van der Waals surface area contributed by atoms with Gasteiger partial charge in [-0.25, -0.2) is 4.79 Å². The fourth-order valence-corrected chi connectivity index (χ4v) is 4.79. The Hall–Kier alpha value is -3.45. The Bertz CT molecular complexity index is 1160. The molecule has 208 valence electrons. The van der Waals surface area contributed by atoms with Crippen molar-refractivity contribution in [2.24, 2.45) is 5.92 Å². The molecule has 38 heavy (non-hydrogen) atoms. The third-order valence-electron chi connectivity index (χ3n) is 6.44. The number of fused-ring (bicyclic) bond motifs is 1. The highest BCUT2D eigenvalue weighted by molar-refractivity contribution is 5.74. The molecule has 0 radical (unpaired) electrons. The second-order valence-corrected chi connectivity index (χ2v) is 8.91. The molecule has 0 fully saturated rings. The molecule has 3 rings (SSSR count). The minimum atomic E-state index is -5.13. The van der Waals surface area contributed by atoms with Crippen LogP contribution in [0.1, 0.15) is 37.0 Å². The molecule has 1 N–H and O–H groups in total. The molecule has 5 nitrogen and oxygen atoms in total. The van der Waals surface area contributed by atoms with Gasteiger partial charge in [0.2, 0.25) is 5.91 Å². The van der Waals surface area contributed by atoms with E-state index in [9.17, 15) is 54.2 Å². The normalized spacial score (nSPS) is 22.3. The average molecular weight is 556 g/mol. The predicted octanol–water partition coefficient (Wildman–Crippen LogP) is 6.77. The van der Waals surface area contributed by atoms with Gasteiger partial charge in [0, 0.05) is 31.6 Å². The minimum absolute atomic E-state index is 0.0620. The largest absolute Gasteiger partial charge is 0.465 e. The molecule has 2 aliphatic rings. The summed E-state index contributed by atoms with van der Waals surface area (Å²) in [4.78, 5) is 26.1. The molecule has 0 aromatic heterocycles. The van der Waals surface area contributed by atoms with Crippen LogP contribution in [0.15, 0.2) is 53.8 Å². The van der Waals surface area contributed by atoms with E-state index in [1.807, 2.05) is 0 Å². The first-order valence-corrected chi connectivity index (χ1v) is 11.0. The Labute approximate surface area is 210 Å².